The second-order valence-electron chi connectivity index (χ2n) is 4.70. The van der Waals surface area contributed by atoms with E-state index in [1.807, 2.05) is 6.92 Å². The minimum Gasteiger partial charge on any atom is -0.381 e. The van der Waals surface area contributed by atoms with E-state index < -0.39 is 0 Å². The molecule has 0 spiro atoms. The van der Waals surface area contributed by atoms with Crippen LogP contribution in [0.2, 0.25) is 0 Å². The highest BCUT2D eigenvalue weighted by Crippen LogP contribution is 2.23. The van der Waals surface area contributed by atoms with Gasteiger partial charge in [0, 0.05) is 28.3 Å². The number of rotatable bonds is 4. The number of anilines is 1. The Kier molecular flexibility index (Phi) is 4.39. The number of benzene rings is 2. The van der Waals surface area contributed by atoms with Gasteiger partial charge in [-0.05, 0) is 43.2 Å². The van der Waals surface area contributed by atoms with Crippen molar-refractivity contribution in [2.75, 3.05) is 5.32 Å². The van der Waals surface area contributed by atoms with Crippen molar-refractivity contribution in [3.05, 3.63) is 67.7 Å². The fourth-order valence-electron chi connectivity index (χ4n) is 1.92. The lowest BCUT2D eigenvalue weighted by Crippen LogP contribution is -2.01. The van der Waals surface area contributed by atoms with Crippen LogP contribution in [0.25, 0.3) is 0 Å². The number of nitro groups is 1. The van der Waals surface area contributed by atoms with Crippen LogP contribution in [0.5, 0.6) is 0 Å². The maximum absolute atomic E-state index is 10.8. The Hall–Kier alpha value is -1.88. The van der Waals surface area contributed by atoms with Crippen LogP contribution < -0.4 is 5.32 Å². The zero-order valence-corrected chi connectivity index (χ0v) is 12.9. The summed E-state index contributed by atoms with van der Waals surface area (Å²) in [6.45, 7) is 4.46. The minimum absolute atomic E-state index is 0.147. The lowest BCUT2D eigenvalue weighted by atomic mass is 10.1. The van der Waals surface area contributed by atoms with E-state index in [1.165, 1.54) is 11.6 Å². The van der Waals surface area contributed by atoms with Gasteiger partial charge in [-0.2, -0.15) is 0 Å². The van der Waals surface area contributed by atoms with Gasteiger partial charge < -0.3 is 5.32 Å². The first-order valence-corrected chi connectivity index (χ1v) is 7.00. The van der Waals surface area contributed by atoms with Crippen LogP contribution in [0.4, 0.5) is 11.4 Å². The largest absolute Gasteiger partial charge is 0.381 e. The summed E-state index contributed by atoms with van der Waals surface area (Å²) >= 11 is 3.51. The van der Waals surface area contributed by atoms with Crippen LogP contribution in [0.3, 0.4) is 0 Å². The van der Waals surface area contributed by atoms with Crippen LogP contribution in [-0.4, -0.2) is 4.92 Å². The standard InChI is InChI=1S/C15H15BrN2O2/c1-10-3-4-12(8-14(10)16)9-17-13-5-6-15(18(19)20)11(2)7-13/h3-8,17H,9H2,1-2H3. The van der Waals surface area contributed by atoms with Gasteiger partial charge >= 0.3 is 0 Å². The fraction of sp³-hybridized carbons (Fsp3) is 0.200. The Morgan fingerprint density at radius 1 is 1.15 bits per heavy atom. The van der Waals surface area contributed by atoms with Crippen LogP contribution in [0, 0.1) is 24.0 Å². The number of nitrogens with zero attached hydrogens (tertiary/aromatic N) is 1. The summed E-state index contributed by atoms with van der Waals surface area (Å²) in [4.78, 5) is 10.4. The van der Waals surface area contributed by atoms with Gasteiger partial charge in [-0.15, -0.1) is 0 Å². The predicted octanol–water partition coefficient (Wildman–Crippen LogP) is 4.59. The van der Waals surface area contributed by atoms with E-state index in [4.69, 9.17) is 0 Å². The summed E-state index contributed by atoms with van der Waals surface area (Å²) in [5.74, 6) is 0. The van der Waals surface area contributed by atoms with E-state index in [-0.39, 0.29) is 10.6 Å². The molecule has 0 radical (unpaired) electrons. The lowest BCUT2D eigenvalue weighted by molar-refractivity contribution is -0.385. The van der Waals surface area contributed by atoms with Crippen LogP contribution in [0.15, 0.2) is 40.9 Å². The number of aryl methyl sites for hydroxylation is 2. The van der Waals surface area contributed by atoms with Crippen molar-refractivity contribution >= 4 is 27.3 Å². The highest BCUT2D eigenvalue weighted by Gasteiger charge is 2.09. The van der Waals surface area contributed by atoms with Crippen LogP contribution in [0.1, 0.15) is 16.7 Å². The molecule has 0 amide bonds. The van der Waals surface area contributed by atoms with Gasteiger partial charge in [0.1, 0.15) is 0 Å². The highest BCUT2D eigenvalue weighted by molar-refractivity contribution is 9.10. The van der Waals surface area contributed by atoms with Crippen molar-refractivity contribution in [3.8, 4) is 0 Å². The monoisotopic (exact) mass is 334 g/mol. The van der Waals surface area contributed by atoms with E-state index in [1.54, 1.807) is 19.1 Å². The van der Waals surface area contributed by atoms with Gasteiger partial charge in [-0.25, -0.2) is 0 Å². The Morgan fingerprint density at radius 3 is 2.50 bits per heavy atom. The third kappa shape index (κ3) is 3.36. The maximum atomic E-state index is 10.8. The third-order valence-electron chi connectivity index (χ3n) is 3.13. The zero-order valence-electron chi connectivity index (χ0n) is 11.3. The van der Waals surface area contributed by atoms with E-state index in [0.29, 0.717) is 12.1 Å². The molecule has 0 unspecified atom stereocenters. The molecule has 0 bridgehead atoms. The molecule has 4 nitrogen and oxygen atoms in total. The van der Waals surface area contributed by atoms with Crippen molar-refractivity contribution < 1.29 is 4.92 Å². The first kappa shape index (κ1) is 14.5. The highest BCUT2D eigenvalue weighted by atomic mass is 79.9. The topological polar surface area (TPSA) is 55.2 Å². The van der Waals surface area contributed by atoms with E-state index >= 15 is 0 Å². The zero-order chi connectivity index (χ0) is 14.7. The molecule has 0 fully saturated rings. The molecule has 0 heterocycles. The number of nitro benzene ring substituents is 1. The normalized spacial score (nSPS) is 10.3. The molecule has 104 valence electrons. The lowest BCUT2D eigenvalue weighted by Gasteiger charge is -2.09. The number of nitrogens with one attached hydrogen (secondary N) is 1. The van der Waals surface area contributed by atoms with Crippen molar-refractivity contribution in [1.29, 1.82) is 0 Å². The summed E-state index contributed by atoms with van der Waals surface area (Å²) in [6.07, 6.45) is 0. The molecule has 0 aliphatic rings. The van der Waals surface area contributed by atoms with Crippen molar-refractivity contribution in [2.24, 2.45) is 0 Å². The van der Waals surface area contributed by atoms with E-state index in [2.05, 4.69) is 39.4 Å². The average molecular weight is 335 g/mol. The molecule has 0 aliphatic heterocycles. The molecule has 0 aliphatic carbocycles. The average Bonchev–Trinajstić information content (AvgIpc) is 2.40. The van der Waals surface area contributed by atoms with Gasteiger partial charge in [-0.3, -0.25) is 10.1 Å². The molecule has 2 rings (SSSR count). The summed E-state index contributed by atoms with van der Waals surface area (Å²) in [6, 6.07) is 11.2. The summed E-state index contributed by atoms with van der Waals surface area (Å²) in [5.41, 5.74) is 4.03. The molecule has 2 aromatic rings. The third-order valence-corrected chi connectivity index (χ3v) is 3.98. The van der Waals surface area contributed by atoms with Crippen molar-refractivity contribution in [2.45, 2.75) is 20.4 Å². The predicted molar refractivity (Wildman–Crippen MR) is 84.0 cm³/mol. The first-order valence-electron chi connectivity index (χ1n) is 6.21. The molecule has 0 saturated heterocycles. The quantitative estimate of drug-likeness (QED) is 0.657. The molecule has 5 heteroatoms. The van der Waals surface area contributed by atoms with Gasteiger partial charge in [0.2, 0.25) is 0 Å². The Morgan fingerprint density at radius 2 is 1.90 bits per heavy atom. The maximum Gasteiger partial charge on any atom is 0.272 e. The number of hydrogen-bond donors (Lipinski definition) is 1. The van der Waals surface area contributed by atoms with Crippen LogP contribution in [-0.2, 0) is 6.54 Å². The Bertz CT molecular complexity index is 656. The first-order chi connectivity index (χ1) is 9.47. The minimum atomic E-state index is -0.365. The molecule has 0 saturated carbocycles. The van der Waals surface area contributed by atoms with Gasteiger partial charge in [0.15, 0.2) is 0 Å². The second-order valence-corrected chi connectivity index (χ2v) is 5.55. The molecular weight excluding hydrogens is 320 g/mol. The van der Waals surface area contributed by atoms with E-state index in [0.717, 1.165) is 15.7 Å². The Balaban J connectivity index is 2.09. The molecule has 20 heavy (non-hydrogen) atoms. The van der Waals surface area contributed by atoms with Crippen molar-refractivity contribution in [3.63, 3.8) is 0 Å². The molecule has 2 aromatic carbocycles. The summed E-state index contributed by atoms with van der Waals surface area (Å²) in [7, 11) is 0. The smallest absolute Gasteiger partial charge is 0.272 e. The SMILES string of the molecule is Cc1ccc(CNc2ccc([N+](=O)[O-])c(C)c2)cc1Br. The van der Waals surface area contributed by atoms with Crippen LogP contribution >= 0.6 is 15.9 Å². The second kappa shape index (κ2) is 6.05. The number of hydrogen-bond acceptors (Lipinski definition) is 3. The molecular formula is C15H15BrN2O2. The molecule has 0 atom stereocenters. The summed E-state index contributed by atoms with van der Waals surface area (Å²) in [5, 5.41) is 14.0. The summed E-state index contributed by atoms with van der Waals surface area (Å²) < 4.78 is 1.08. The van der Waals surface area contributed by atoms with Gasteiger partial charge in [-0.1, -0.05) is 28.1 Å². The molecule has 1 N–H and O–H groups in total. The number of halogens is 1. The fourth-order valence-corrected chi connectivity index (χ4v) is 2.35. The Labute approximate surface area is 126 Å². The van der Waals surface area contributed by atoms with Gasteiger partial charge in [0.05, 0.1) is 4.92 Å². The molecule has 0 aromatic heterocycles. The van der Waals surface area contributed by atoms with Gasteiger partial charge in [0.25, 0.3) is 5.69 Å². The van der Waals surface area contributed by atoms with Crippen molar-refractivity contribution in [1.82, 2.24) is 0 Å². The van der Waals surface area contributed by atoms with E-state index in [9.17, 15) is 10.1 Å².